The molecule has 2 aromatic carbocycles. The number of rotatable bonds is 11. The van der Waals surface area contributed by atoms with Crippen molar-refractivity contribution < 1.29 is 24.2 Å². The lowest BCUT2D eigenvalue weighted by atomic mass is 9.98. The summed E-state index contributed by atoms with van der Waals surface area (Å²) in [7, 11) is 0. The molecule has 4 rings (SSSR count). The van der Waals surface area contributed by atoms with Crippen molar-refractivity contribution in [3.8, 4) is 11.1 Å². The Morgan fingerprint density at radius 1 is 1.06 bits per heavy atom. The number of ether oxygens (including phenoxy) is 1. The van der Waals surface area contributed by atoms with Gasteiger partial charge in [0.25, 0.3) is 0 Å². The quantitative estimate of drug-likeness (QED) is 0.514. The van der Waals surface area contributed by atoms with Gasteiger partial charge in [-0.05, 0) is 47.4 Å². The van der Waals surface area contributed by atoms with Crippen LogP contribution in [0.1, 0.15) is 56.1 Å². The fraction of sp³-hybridized carbons (Fsp3) is 0.444. The third-order valence-electron chi connectivity index (χ3n) is 6.59. The average Bonchev–Trinajstić information content (AvgIpc) is 3.60. The molecule has 0 aliphatic heterocycles. The molecule has 2 amide bonds. The number of alkyl carbamates (subject to hydrolysis) is 1. The van der Waals surface area contributed by atoms with E-state index in [0.717, 1.165) is 35.1 Å². The highest BCUT2D eigenvalue weighted by atomic mass is 16.5. The molecule has 180 valence electrons. The van der Waals surface area contributed by atoms with E-state index in [2.05, 4.69) is 29.6 Å². The second-order valence-electron chi connectivity index (χ2n) is 9.18. The van der Waals surface area contributed by atoms with Crippen LogP contribution in [0.2, 0.25) is 0 Å². The number of fused-ring (bicyclic) bond motifs is 3. The first-order valence-corrected chi connectivity index (χ1v) is 12.1. The Morgan fingerprint density at radius 3 is 2.24 bits per heavy atom. The van der Waals surface area contributed by atoms with E-state index in [1.807, 2.05) is 31.2 Å². The smallest absolute Gasteiger partial charge is 0.407 e. The van der Waals surface area contributed by atoms with Crippen molar-refractivity contribution in [2.45, 2.75) is 51.0 Å². The molecule has 7 nitrogen and oxygen atoms in total. The van der Waals surface area contributed by atoms with Crippen LogP contribution in [0.25, 0.3) is 11.1 Å². The number of amides is 2. The maximum atomic E-state index is 13.2. The number of aliphatic carboxylic acids is 1. The molecule has 1 fully saturated rings. The number of carbonyl (C=O) groups excluding carboxylic acids is 2. The molecular formula is C27H32N2O5. The Balaban J connectivity index is 1.40. The van der Waals surface area contributed by atoms with E-state index < -0.39 is 18.1 Å². The minimum absolute atomic E-state index is 0.0552. The first-order chi connectivity index (χ1) is 16.5. The van der Waals surface area contributed by atoms with Gasteiger partial charge in [0, 0.05) is 19.0 Å². The van der Waals surface area contributed by atoms with Crippen LogP contribution in [0.15, 0.2) is 48.5 Å². The molecule has 34 heavy (non-hydrogen) atoms. The van der Waals surface area contributed by atoms with Crippen molar-refractivity contribution in [2.24, 2.45) is 5.92 Å². The van der Waals surface area contributed by atoms with Gasteiger partial charge < -0.3 is 20.1 Å². The zero-order valence-electron chi connectivity index (χ0n) is 19.5. The molecule has 1 saturated carbocycles. The second-order valence-corrected chi connectivity index (χ2v) is 9.18. The minimum Gasteiger partial charge on any atom is -0.481 e. The largest absolute Gasteiger partial charge is 0.481 e. The van der Waals surface area contributed by atoms with Gasteiger partial charge in [0.05, 0.1) is 6.42 Å². The van der Waals surface area contributed by atoms with E-state index in [9.17, 15) is 14.4 Å². The predicted molar refractivity (Wildman–Crippen MR) is 128 cm³/mol. The zero-order valence-corrected chi connectivity index (χ0v) is 19.5. The Hall–Kier alpha value is -3.35. The molecule has 0 radical (unpaired) electrons. The number of nitrogens with one attached hydrogen (secondary N) is 1. The second kappa shape index (κ2) is 10.7. The van der Waals surface area contributed by atoms with Crippen LogP contribution in [-0.4, -0.2) is 53.7 Å². The molecule has 0 unspecified atom stereocenters. The van der Waals surface area contributed by atoms with Gasteiger partial charge in [-0.25, -0.2) is 4.79 Å². The van der Waals surface area contributed by atoms with Crippen molar-refractivity contribution >= 4 is 18.0 Å². The normalized spacial score (nSPS) is 15.2. The van der Waals surface area contributed by atoms with Crippen molar-refractivity contribution in [1.82, 2.24) is 10.2 Å². The number of carbonyl (C=O) groups is 3. The van der Waals surface area contributed by atoms with Crippen LogP contribution < -0.4 is 5.32 Å². The van der Waals surface area contributed by atoms with E-state index >= 15 is 0 Å². The van der Waals surface area contributed by atoms with Crippen molar-refractivity contribution in [3.05, 3.63) is 59.7 Å². The number of hydrogen-bond acceptors (Lipinski definition) is 4. The fourth-order valence-electron chi connectivity index (χ4n) is 4.68. The van der Waals surface area contributed by atoms with Gasteiger partial charge in [-0.1, -0.05) is 61.9 Å². The summed E-state index contributed by atoms with van der Waals surface area (Å²) < 4.78 is 5.62. The number of nitrogens with zero attached hydrogens (tertiary/aromatic N) is 1. The lowest BCUT2D eigenvalue weighted by molar-refractivity contribution is -0.139. The maximum absolute atomic E-state index is 13.2. The van der Waals surface area contributed by atoms with Gasteiger partial charge >= 0.3 is 12.1 Å². The van der Waals surface area contributed by atoms with E-state index in [0.29, 0.717) is 25.3 Å². The summed E-state index contributed by atoms with van der Waals surface area (Å²) in [5.41, 5.74) is 4.56. The van der Waals surface area contributed by atoms with Crippen LogP contribution in [0, 0.1) is 5.92 Å². The van der Waals surface area contributed by atoms with Gasteiger partial charge in [-0.2, -0.15) is 0 Å². The molecule has 2 aliphatic rings. The Bertz CT molecular complexity index is 1000. The predicted octanol–water partition coefficient (Wildman–Crippen LogP) is 4.41. The number of carboxylic acids is 1. The standard InChI is InChI=1S/C27H32N2O5/c1-2-7-24(26(32)29(15-14-25(30)31)16-18-12-13-18)28-27(33)34-17-23-21-10-5-3-8-19(21)20-9-4-6-11-22(20)23/h3-6,8-11,18,23-24H,2,7,12-17H2,1H3,(H,28,33)(H,30,31)/t24-/m0/s1. The topological polar surface area (TPSA) is 95.9 Å². The van der Waals surface area contributed by atoms with Gasteiger partial charge in [0.1, 0.15) is 12.6 Å². The van der Waals surface area contributed by atoms with Crippen molar-refractivity contribution in [1.29, 1.82) is 0 Å². The van der Waals surface area contributed by atoms with E-state index in [-0.39, 0.29) is 31.4 Å². The molecule has 2 aromatic rings. The van der Waals surface area contributed by atoms with Crippen LogP contribution in [0.5, 0.6) is 0 Å². The molecule has 7 heteroatoms. The van der Waals surface area contributed by atoms with Crippen LogP contribution in [0.4, 0.5) is 4.79 Å². The highest BCUT2D eigenvalue weighted by Crippen LogP contribution is 2.44. The van der Waals surface area contributed by atoms with E-state index in [1.165, 1.54) is 0 Å². The Kier molecular flexibility index (Phi) is 7.50. The molecule has 0 aromatic heterocycles. The highest BCUT2D eigenvalue weighted by molar-refractivity contribution is 5.86. The molecule has 0 spiro atoms. The zero-order chi connectivity index (χ0) is 24.1. The molecule has 0 bridgehead atoms. The summed E-state index contributed by atoms with van der Waals surface area (Å²) in [6.07, 6.45) is 2.54. The SMILES string of the molecule is CCC[C@H](NC(=O)OCC1c2ccccc2-c2ccccc21)C(=O)N(CCC(=O)O)CC1CC1. The van der Waals surface area contributed by atoms with E-state index in [1.54, 1.807) is 4.90 Å². The molecular weight excluding hydrogens is 432 g/mol. The van der Waals surface area contributed by atoms with Crippen LogP contribution in [0.3, 0.4) is 0 Å². The summed E-state index contributed by atoms with van der Waals surface area (Å²) in [5, 5.41) is 11.8. The number of benzene rings is 2. The summed E-state index contributed by atoms with van der Waals surface area (Å²) >= 11 is 0. The molecule has 0 heterocycles. The monoisotopic (exact) mass is 464 g/mol. The molecule has 2 N–H and O–H groups in total. The summed E-state index contributed by atoms with van der Waals surface area (Å²) in [6, 6.07) is 15.5. The lowest BCUT2D eigenvalue weighted by Crippen LogP contribution is -2.49. The van der Waals surface area contributed by atoms with Gasteiger partial charge in [-0.3, -0.25) is 9.59 Å². The number of hydrogen-bond donors (Lipinski definition) is 2. The van der Waals surface area contributed by atoms with Gasteiger partial charge in [-0.15, -0.1) is 0 Å². The summed E-state index contributed by atoms with van der Waals surface area (Å²) in [6.45, 7) is 2.82. The summed E-state index contributed by atoms with van der Waals surface area (Å²) in [5.74, 6) is -0.802. The number of carboxylic acid groups (broad SMARTS) is 1. The van der Waals surface area contributed by atoms with Crippen LogP contribution in [-0.2, 0) is 14.3 Å². The Labute approximate surface area is 200 Å². The third kappa shape index (κ3) is 5.58. The minimum atomic E-state index is -0.940. The highest BCUT2D eigenvalue weighted by Gasteiger charge is 2.32. The first kappa shape index (κ1) is 23.8. The molecule has 0 saturated heterocycles. The van der Waals surface area contributed by atoms with Crippen molar-refractivity contribution in [3.63, 3.8) is 0 Å². The van der Waals surface area contributed by atoms with Crippen LogP contribution >= 0.6 is 0 Å². The Morgan fingerprint density at radius 2 is 1.68 bits per heavy atom. The third-order valence-corrected chi connectivity index (χ3v) is 6.59. The fourth-order valence-corrected chi connectivity index (χ4v) is 4.68. The molecule has 1 atom stereocenters. The molecule has 2 aliphatic carbocycles. The maximum Gasteiger partial charge on any atom is 0.407 e. The first-order valence-electron chi connectivity index (χ1n) is 12.1. The van der Waals surface area contributed by atoms with Crippen molar-refractivity contribution in [2.75, 3.05) is 19.7 Å². The van der Waals surface area contributed by atoms with Gasteiger partial charge in [0.2, 0.25) is 5.91 Å². The van der Waals surface area contributed by atoms with E-state index in [4.69, 9.17) is 9.84 Å². The lowest BCUT2D eigenvalue weighted by Gasteiger charge is -2.27. The average molecular weight is 465 g/mol. The van der Waals surface area contributed by atoms with Gasteiger partial charge in [0.15, 0.2) is 0 Å². The summed E-state index contributed by atoms with van der Waals surface area (Å²) in [4.78, 5) is 38.6.